The van der Waals surface area contributed by atoms with E-state index < -0.39 is 25.3 Å². The molecule has 1 saturated heterocycles. The van der Waals surface area contributed by atoms with Crippen LogP contribution in [-0.2, 0) is 21.8 Å². The van der Waals surface area contributed by atoms with Gasteiger partial charge < -0.3 is 17.1 Å². The third-order valence-electron chi connectivity index (χ3n) is 9.07. The quantitative estimate of drug-likeness (QED) is 0.283. The van der Waals surface area contributed by atoms with E-state index in [0.29, 0.717) is 17.7 Å². The summed E-state index contributed by atoms with van der Waals surface area (Å²) in [6, 6.07) is 10.8. The normalized spacial score (nSPS) is 40.0. The fraction of sp³-hybridized carbons (Fsp3) is 0.731. The van der Waals surface area contributed by atoms with Crippen LogP contribution in [0.4, 0.5) is 5.69 Å². The van der Waals surface area contributed by atoms with Gasteiger partial charge in [-0.25, -0.2) is 0 Å². The second kappa shape index (κ2) is 11.5. The Morgan fingerprint density at radius 2 is 1.53 bits per heavy atom. The van der Waals surface area contributed by atoms with Crippen molar-refractivity contribution in [2.75, 3.05) is 0 Å². The van der Waals surface area contributed by atoms with Crippen LogP contribution < -0.4 is 0 Å². The van der Waals surface area contributed by atoms with Gasteiger partial charge in [0.25, 0.3) is 0 Å². The molecular weight excluding hydrogens is 489 g/mol. The van der Waals surface area contributed by atoms with Crippen LogP contribution in [0.15, 0.2) is 30.3 Å². The molecule has 1 heterocycles. The van der Waals surface area contributed by atoms with Crippen LogP contribution in [0, 0.1) is 42.9 Å². The predicted molar refractivity (Wildman–Crippen MR) is 137 cm³/mol. The van der Waals surface area contributed by atoms with E-state index in [9.17, 15) is 0 Å². The van der Waals surface area contributed by atoms with Gasteiger partial charge in [0.1, 0.15) is 0 Å². The van der Waals surface area contributed by atoms with Gasteiger partial charge in [-0.05, 0) is 75.0 Å². The first kappa shape index (κ1) is 27.1. The molecule has 0 radical (unpaired) electrons. The molecule has 0 amide bonds. The summed E-state index contributed by atoms with van der Waals surface area (Å²) >= 11 is -0.556. The van der Waals surface area contributed by atoms with Crippen molar-refractivity contribution >= 4 is 32.5 Å². The van der Waals surface area contributed by atoms with Gasteiger partial charge in [0.05, 0.1) is 12.2 Å². The van der Waals surface area contributed by atoms with Crippen LogP contribution in [-0.4, -0.2) is 20.4 Å². The van der Waals surface area contributed by atoms with Crippen molar-refractivity contribution in [2.45, 2.75) is 83.2 Å². The molecule has 5 rings (SSSR count). The Labute approximate surface area is 214 Å². The molecule has 6 heteroatoms. The first-order valence-corrected chi connectivity index (χ1v) is 19.6. The first-order chi connectivity index (χ1) is 14.9. The molecule has 3 saturated carbocycles. The molecule has 0 spiro atoms. The van der Waals surface area contributed by atoms with Crippen molar-refractivity contribution < 1.29 is 21.8 Å². The van der Waals surface area contributed by atoms with Crippen molar-refractivity contribution in [3.63, 3.8) is 0 Å². The molecular formula is C26H41Cl2NOSiTi-2. The zero-order valence-electron chi connectivity index (χ0n) is 20.4. The van der Waals surface area contributed by atoms with E-state index in [2.05, 4.69) is 57.3 Å². The van der Waals surface area contributed by atoms with Gasteiger partial charge in [0, 0.05) is 0 Å². The molecule has 4 aliphatic rings. The molecule has 0 N–H and O–H groups in total. The molecule has 9 atom stereocenters. The van der Waals surface area contributed by atoms with Gasteiger partial charge in [0.15, 0.2) is 0 Å². The average molecular weight is 530 g/mol. The van der Waals surface area contributed by atoms with E-state index in [1.165, 1.54) is 44.2 Å². The van der Waals surface area contributed by atoms with Crippen molar-refractivity contribution in [3.05, 3.63) is 42.7 Å². The number of benzene rings is 1. The molecule has 2 nitrogen and oxygen atoms in total. The van der Waals surface area contributed by atoms with Crippen LogP contribution in [0.5, 0.6) is 0 Å². The molecule has 9 unspecified atom stereocenters. The Kier molecular flexibility index (Phi) is 9.72. The van der Waals surface area contributed by atoms with Crippen molar-refractivity contribution in [1.82, 2.24) is 0 Å². The van der Waals surface area contributed by atoms with E-state index >= 15 is 0 Å². The summed E-state index contributed by atoms with van der Waals surface area (Å²) in [5, 5.41) is 0. The standard InChI is InChI=1S/C25H38NOSi.CH3.2ClH.Ti/c1-16-14-20-21(15-17(16)2)25(28(3,4)26-18-10-6-5-7-11-18)24-23(20)19-12-8-9-13-22(19)27-24;;;;/h5-7,10-11,16-17,19-25H,8-9,12-15H2,1-4H3;1H3;2*1H;/q2*-1;;;+2/p-2. The molecule has 4 fully saturated rings. The van der Waals surface area contributed by atoms with Gasteiger partial charge in [-0.1, -0.05) is 70.1 Å². The number of hydrogen-bond acceptors (Lipinski definition) is 1. The maximum absolute atomic E-state index is 6.96. The Morgan fingerprint density at radius 3 is 2.19 bits per heavy atom. The minimum absolute atomic E-state index is 0. The van der Waals surface area contributed by atoms with Gasteiger partial charge in [-0.15, -0.1) is 5.69 Å². The van der Waals surface area contributed by atoms with Crippen LogP contribution in [0.3, 0.4) is 0 Å². The van der Waals surface area contributed by atoms with E-state index in [0.717, 1.165) is 35.5 Å². The molecule has 1 aromatic carbocycles. The SMILES string of the molecule is CC1CC2C(CC1C)C([Si](C)(C)[N-]c1ccccc1)C1OC3CCCCC3C21.[CH3-].[Cl][Ti][Cl]. The van der Waals surface area contributed by atoms with Gasteiger partial charge in [0.2, 0.25) is 0 Å². The van der Waals surface area contributed by atoms with E-state index in [-0.39, 0.29) is 7.43 Å². The summed E-state index contributed by atoms with van der Waals surface area (Å²) in [6.45, 7) is 10.1. The number of halogens is 2. The van der Waals surface area contributed by atoms with Gasteiger partial charge in [-0.3, -0.25) is 0 Å². The van der Waals surface area contributed by atoms with Gasteiger partial charge in [-0.2, -0.15) is 0 Å². The zero-order valence-corrected chi connectivity index (χ0v) is 24.5. The summed E-state index contributed by atoms with van der Waals surface area (Å²) in [6.07, 6.45) is 9.43. The minimum atomic E-state index is -1.82. The number of fused-ring (bicyclic) bond motifs is 5. The van der Waals surface area contributed by atoms with Crippen LogP contribution >= 0.6 is 18.6 Å². The molecule has 180 valence electrons. The third kappa shape index (κ3) is 5.34. The number of hydrogen-bond donors (Lipinski definition) is 0. The topological polar surface area (TPSA) is 23.3 Å². The van der Waals surface area contributed by atoms with E-state index in [1.807, 2.05) is 0 Å². The first-order valence-electron chi connectivity index (χ1n) is 12.3. The summed E-state index contributed by atoms with van der Waals surface area (Å²) in [5.41, 5.74) is 1.88. The Morgan fingerprint density at radius 1 is 0.938 bits per heavy atom. The predicted octanol–water partition coefficient (Wildman–Crippen LogP) is 8.98. The van der Waals surface area contributed by atoms with Crippen molar-refractivity contribution in [1.29, 1.82) is 0 Å². The van der Waals surface area contributed by atoms with Crippen LogP contribution in [0.2, 0.25) is 18.6 Å². The second-order valence-electron chi connectivity index (χ2n) is 11.1. The summed E-state index contributed by atoms with van der Waals surface area (Å²) in [5.74, 6) is 5.14. The Balaban J connectivity index is 0.000000686. The molecule has 3 aliphatic carbocycles. The summed E-state index contributed by atoms with van der Waals surface area (Å²) in [7, 11) is 7.96. The maximum atomic E-state index is 6.96. The molecule has 0 bridgehead atoms. The third-order valence-corrected chi connectivity index (χ3v) is 12.3. The van der Waals surface area contributed by atoms with Gasteiger partial charge >= 0.3 is 35.6 Å². The van der Waals surface area contributed by atoms with Crippen molar-refractivity contribution in [2.24, 2.45) is 35.5 Å². The van der Waals surface area contributed by atoms with Crippen LogP contribution in [0.25, 0.3) is 4.98 Å². The molecule has 1 aromatic rings. The fourth-order valence-corrected chi connectivity index (χ4v) is 11.3. The number of ether oxygens (including phenoxy) is 1. The average Bonchev–Trinajstić information content (AvgIpc) is 3.24. The monoisotopic (exact) mass is 529 g/mol. The summed E-state index contributed by atoms with van der Waals surface area (Å²) in [4.78, 5) is 5.44. The number of rotatable bonds is 3. The second-order valence-corrected chi connectivity index (χ2v) is 17.9. The zero-order chi connectivity index (χ0) is 22.2. The number of nitrogens with zero attached hydrogens (tertiary/aromatic N) is 1. The Bertz CT molecular complexity index is 723. The molecule has 32 heavy (non-hydrogen) atoms. The fourth-order valence-electron chi connectivity index (χ4n) is 7.76. The van der Waals surface area contributed by atoms with Crippen molar-refractivity contribution in [3.8, 4) is 0 Å². The molecule has 1 aliphatic heterocycles. The van der Waals surface area contributed by atoms with Crippen LogP contribution in [0.1, 0.15) is 52.4 Å². The van der Waals surface area contributed by atoms with E-state index in [1.54, 1.807) is 0 Å². The Hall–Kier alpha value is 0.491. The molecule has 0 aromatic heterocycles. The van der Waals surface area contributed by atoms with E-state index in [4.69, 9.17) is 28.3 Å². The summed E-state index contributed by atoms with van der Waals surface area (Å²) < 4.78 is 6.96.